The molecule has 1 fully saturated rings. The predicted molar refractivity (Wildman–Crippen MR) is 116 cm³/mol. The highest BCUT2D eigenvalue weighted by atomic mass is 16.5. The molecule has 1 aliphatic heterocycles. The second kappa shape index (κ2) is 9.61. The summed E-state index contributed by atoms with van der Waals surface area (Å²) in [6.07, 6.45) is 3.91. The number of hydrogen-bond donors (Lipinski definition) is 1. The van der Waals surface area contributed by atoms with Crippen LogP contribution in [0.4, 0.5) is 0 Å². The molecular formula is C23H27N3O5. The summed E-state index contributed by atoms with van der Waals surface area (Å²) in [5.41, 5.74) is 0.982. The van der Waals surface area contributed by atoms with Gasteiger partial charge in [-0.3, -0.25) is 14.6 Å². The van der Waals surface area contributed by atoms with Gasteiger partial charge >= 0.3 is 0 Å². The number of aliphatic hydroxyl groups is 1. The van der Waals surface area contributed by atoms with Gasteiger partial charge in [-0.05, 0) is 50.8 Å². The molecule has 1 atom stereocenters. The van der Waals surface area contributed by atoms with Crippen LogP contribution >= 0.6 is 0 Å². The van der Waals surface area contributed by atoms with Crippen LogP contribution < -0.4 is 9.47 Å². The maximum absolute atomic E-state index is 13.0. The van der Waals surface area contributed by atoms with Gasteiger partial charge in [0.25, 0.3) is 11.7 Å². The first-order chi connectivity index (χ1) is 14.9. The SMILES string of the molecule is COc1ccc(/C(O)=C2\C(=O)C(=O)N(CCCN(C)C)C2c2cccnc2)c(OC)c1. The lowest BCUT2D eigenvalue weighted by Crippen LogP contribution is -2.32. The molecule has 164 valence electrons. The average Bonchev–Trinajstić information content (AvgIpc) is 3.03. The van der Waals surface area contributed by atoms with Crippen molar-refractivity contribution in [3.05, 3.63) is 59.4 Å². The van der Waals surface area contributed by atoms with Gasteiger partial charge in [-0.1, -0.05) is 6.07 Å². The lowest BCUT2D eigenvalue weighted by molar-refractivity contribution is -0.139. The minimum atomic E-state index is -0.734. The van der Waals surface area contributed by atoms with E-state index in [1.165, 1.54) is 19.1 Å². The Morgan fingerprint density at radius 2 is 1.97 bits per heavy atom. The van der Waals surface area contributed by atoms with E-state index in [0.29, 0.717) is 35.6 Å². The Bertz CT molecular complexity index is 988. The Labute approximate surface area is 181 Å². The second-order valence-corrected chi connectivity index (χ2v) is 7.50. The van der Waals surface area contributed by atoms with E-state index in [1.54, 1.807) is 42.7 Å². The first-order valence-corrected chi connectivity index (χ1v) is 9.94. The van der Waals surface area contributed by atoms with E-state index in [9.17, 15) is 14.7 Å². The molecule has 0 radical (unpaired) electrons. The molecule has 8 heteroatoms. The monoisotopic (exact) mass is 425 g/mol. The standard InChI is InChI=1S/C23H27N3O5/c1-25(2)11-6-12-26-20(15-7-5-10-24-14-15)19(22(28)23(26)29)21(27)17-9-8-16(30-3)13-18(17)31-4/h5,7-10,13-14,20,27H,6,11-12H2,1-4H3/b21-19+. The quantitative estimate of drug-likeness (QED) is 0.395. The molecule has 1 aromatic heterocycles. The van der Waals surface area contributed by atoms with Gasteiger partial charge in [0.05, 0.1) is 31.4 Å². The number of carbonyl (C=O) groups excluding carboxylic acids is 2. The molecule has 1 unspecified atom stereocenters. The van der Waals surface area contributed by atoms with E-state index < -0.39 is 17.7 Å². The maximum Gasteiger partial charge on any atom is 0.295 e. The molecule has 0 spiro atoms. The highest BCUT2D eigenvalue weighted by Gasteiger charge is 2.46. The van der Waals surface area contributed by atoms with E-state index in [-0.39, 0.29) is 11.3 Å². The molecule has 2 aromatic rings. The van der Waals surface area contributed by atoms with Crippen LogP contribution in [-0.2, 0) is 9.59 Å². The van der Waals surface area contributed by atoms with Crippen molar-refractivity contribution in [2.24, 2.45) is 0 Å². The number of Topliss-reactive ketones (excluding diaryl/α,β-unsaturated/α-hetero) is 1. The summed E-state index contributed by atoms with van der Waals surface area (Å²) in [6.45, 7) is 1.13. The Morgan fingerprint density at radius 3 is 2.58 bits per heavy atom. The minimum Gasteiger partial charge on any atom is -0.507 e. The van der Waals surface area contributed by atoms with Crippen molar-refractivity contribution in [1.29, 1.82) is 0 Å². The van der Waals surface area contributed by atoms with Gasteiger partial charge in [0.15, 0.2) is 0 Å². The van der Waals surface area contributed by atoms with Crippen molar-refractivity contribution in [2.75, 3.05) is 41.4 Å². The minimum absolute atomic E-state index is 0.0197. The molecule has 1 aromatic carbocycles. The van der Waals surface area contributed by atoms with Crippen LogP contribution in [0.3, 0.4) is 0 Å². The van der Waals surface area contributed by atoms with Crippen LogP contribution in [0.2, 0.25) is 0 Å². The van der Waals surface area contributed by atoms with E-state index in [0.717, 1.165) is 6.54 Å². The van der Waals surface area contributed by atoms with E-state index >= 15 is 0 Å². The fourth-order valence-corrected chi connectivity index (χ4v) is 3.69. The van der Waals surface area contributed by atoms with E-state index in [1.807, 2.05) is 19.0 Å². The number of hydrogen-bond acceptors (Lipinski definition) is 7. The Balaban J connectivity index is 2.12. The van der Waals surface area contributed by atoms with Crippen molar-refractivity contribution in [3.63, 3.8) is 0 Å². The molecule has 1 N–H and O–H groups in total. The van der Waals surface area contributed by atoms with E-state index in [2.05, 4.69) is 4.98 Å². The molecular weight excluding hydrogens is 398 g/mol. The van der Waals surface area contributed by atoms with Gasteiger partial charge in [0.2, 0.25) is 0 Å². The van der Waals surface area contributed by atoms with Crippen molar-refractivity contribution >= 4 is 17.4 Å². The van der Waals surface area contributed by atoms with Crippen LogP contribution in [0.25, 0.3) is 5.76 Å². The summed E-state index contributed by atoms with van der Waals surface area (Å²) in [5.74, 6) is -0.778. The molecule has 2 heterocycles. The van der Waals surface area contributed by atoms with E-state index in [4.69, 9.17) is 9.47 Å². The summed E-state index contributed by atoms with van der Waals surface area (Å²) >= 11 is 0. The first kappa shape index (κ1) is 22.3. The van der Waals surface area contributed by atoms with Gasteiger partial charge in [0.1, 0.15) is 17.3 Å². The van der Waals surface area contributed by atoms with Gasteiger partial charge in [-0.15, -0.1) is 0 Å². The zero-order chi connectivity index (χ0) is 22.5. The zero-order valence-electron chi connectivity index (χ0n) is 18.2. The van der Waals surface area contributed by atoms with Crippen molar-refractivity contribution < 1.29 is 24.2 Å². The smallest absolute Gasteiger partial charge is 0.295 e. The molecule has 1 aliphatic rings. The van der Waals surface area contributed by atoms with Gasteiger partial charge in [0, 0.05) is 25.0 Å². The lowest BCUT2D eigenvalue weighted by atomic mass is 9.96. The number of amides is 1. The van der Waals surface area contributed by atoms with Crippen LogP contribution in [0, 0.1) is 0 Å². The van der Waals surface area contributed by atoms with Gasteiger partial charge in [-0.2, -0.15) is 0 Å². The Hall–Kier alpha value is -3.39. The number of aromatic nitrogens is 1. The number of carbonyl (C=O) groups is 2. The fourth-order valence-electron chi connectivity index (χ4n) is 3.69. The summed E-state index contributed by atoms with van der Waals surface area (Å²) in [4.78, 5) is 33.6. The molecule has 3 rings (SSSR count). The summed E-state index contributed by atoms with van der Waals surface area (Å²) in [6, 6.07) is 7.67. The van der Waals surface area contributed by atoms with Crippen LogP contribution in [0.5, 0.6) is 11.5 Å². The maximum atomic E-state index is 13.0. The van der Waals surface area contributed by atoms with Gasteiger partial charge < -0.3 is 24.4 Å². The summed E-state index contributed by atoms with van der Waals surface area (Å²) in [7, 11) is 6.88. The topological polar surface area (TPSA) is 92.2 Å². The number of methoxy groups -OCH3 is 2. The molecule has 0 bridgehead atoms. The molecule has 0 aliphatic carbocycles. The molecule has 31 heavy (non-hydrogen) atoms. The third-order valence-corrected chi connectivity index (χ3v) is 5.21. The van der Waals surface area contributed by atoms with Crippen LogP contribution in [-0.4, -0.2) is 73.0 Å². The number of likely N-dealkylation sites (tertiary alicyclic amines) is 1. The fraction of sp³-hybridized carbons (Fsp3) is 0.348. The lowest BCUT2D eigenvalue weighted by Gasteiger charge is -2.25. The van der Waals surface area contributed by atoms with Crippen LogP contribution in [0.1, 0.15) is 23.6 Å². The Morgan fingerprint density at radius 1 is 1.19 bits per heavy atom. The zero-order valence-corrected chi connectivity index (χ0v) is 18.2. The molecule has 8 nitrogen and oxygen atoms in total. The highest BCUT2D eigenvalue weighted by Crippen LogP contribution is 2.41. The number of pyridine rings is 1. The average molecular weight is 425 g/mol. The highest BCUT2D eigenvalue weighted by molar-refractivity contribution is 6.46. The van der Waals surface area contributed by atoms with Crippen molar-refractivity contribution in [1.82, 2.24) is 14.8 Å². The summed E-state index contributed by atoms with van der Waals surface area (Å²) in [5, 5.41) is 11.2. The Kier molecular flexibility index (Phi) is 6.91. The second-order valence-electron chi connectivity index (χ2n) is 7.50. The number of ether oxygens (including phenoxy) is 2. The van der Waals surface area contributed by atoms with Gasteiger partial charge in [-0.25, -0.2) is 0 Å². The molecule has 0 saturated carbocycles. The summed E-state index contributed by atoms with van der Waals surface area (Å²) < 4.78 is 10.6. The molecule has 1 saturated heterocycles. The number of nitrogens with zero attached hydrogens (tertiary/aromatic N) is 3. The number of ketones is 1. The third-order valence-electron chi connectivity index (χ3n) is 5.21. The molecule has 1 amide bonds. The predicted octanol–water partition coefficient (Wildman–Crippen LogP) is 2.47. The number of benzene rings is 1. The largest absolute Gasteiger partial charge is 0.507 e. The third kappa shape index (κ3) is 4.54. The number of rotatable bonds is 8. The van der Waals surface area contributed by atoms with Crippen molar-refractivity contribution in [3.8, 4) is 11.5 Å². The van der Waals surface area contributed by atoms with Crippen LogP contribution in [0.15, 0.2) is 48.3 Å². The first-order valence-electron chi connectivity index (χ1n) is 9.94. The normalized spacial score (nSPS) is 18.0. The van der Waals surface area contributed by atoms with Crippen molar-refractivity contribution in [2.45, 2.75) is 12.5 Å². The number of aliphatic hydroxyl groups excluding tert-OH is 1.